The molecule has 31 heavy (non-hydrogen) atoms. The second-order valence-electron chi connectivity index (χ2n) is 7.15. The summed E-state index contributed by atoms with van der Waals surface area (Å²) in [5.74, 6) is 3.06. The number of guanidine groups is 1. The van der Waals surface area contributed by atoms with Gasteiger partial charge in [-0.1, -0.05) is 25.1 Å². The third-order valence-electron chi connectivity index (χ3n) is 4.98. The second kappa shape index (κ2) is 14.3. The van der Waals surface area contributed by atoms with Gasteiger partial charge in [0.25, 0.3) is 0 Å². The fourth-order valence-corrected chi connectivity index (χ4v) is 3.83. The van der Waals surface area contributed by atoms with E-state index in [0.717, 1.165) is 69.5 Å². The zero-order valence-corrected chi connectivity index (χ0v) is 21.6. The minimum atomic E-state index is 0. The lowest BCUT2D eigenvalue weighted by atomic mass is 10.2. The molecule has 170 valence electrons. The lowest BCUT2D eigenvalue weighted by Gasteiger charge is -2.13. The van der Waals surface area contributed by atoms with Crippen LogP contribution in [-0.4, -0.2) is 56.9 Å². The van der Waals surface area contributed by atoms with Crippen LogP contribution in [0.5, 0.6) is 0 Å². The third kappa shape index (κ3) is 8.03. The molecule has 2 N–H and O–H groups in total. The molecule has 0 saturated heterocycles. The fraction of sp³-hybridized carbons (Fsp3) is 0.500. The number of rotatable bonds is 12. The predicted molar refractivity (Wildman–Crippen MR) is 143 cm³/mol. The van der Waals surface area contributed by atoms with Gasteiger partial charge in [0.05, 0.1) is 0 Å². The molecule has 7 nitrogen and oxygen atoms in total. The summed E-state index contributed by atoms with van der Waals surface area (Å²) in [6, 6.07) is 10.7. The molecule has 0 unspecified atom stereocenters. The molecule has 0 saturated carbocycles. The maximum Gasteiger partial charge on any atom is 0.191 e. The van der Waals surface area contributed by atoms with Gasteiger partial charge in [-0.2, -0.15) is 11.8 Å². The molecule has 0 atom stereocenters. The average molecular weight is 556 g/mol. The monoisotopic (exact) mass is 555 g/mol. The summed E-state index contributed by atoms with van der Waals surface area (Å²) in [4.78, 5) is 4.80. The largest absolute Gasteiger partial charge is 0.356 e. The number of nitrogens with one attached hydrogen (secondary N) is 2. The third-order valence-corrected chi connectivity index (χ3v) is 5.68. The van der Waals surface area contributed by atoms with Crippen molar-refractivity contribution < 1.29 is 0 Å². The second-order valence-corrected chi connectivity index (χ2v) is 8.13. The van der Waals surface area contributed by atoms with Crippen LogP contribution >= 0.6 is 35.7 Å². The minimum absolute atomic E-state index is 0. The Morgan fingerprint density at radius 3 is 2.74 bits per heavy atom. The Kier molecular flexibility index (Phi) is 11.8. The number of fused-ring (bicyclic) bond motifs is 1. The smallest absolute Gasteiger partial charge is 0.191 e. The molecule has 2 aromatic heterocycles. The van der Waals surface area contributed by atoms with Crippen LogP contribution in [0.25, 0.3) is 10.9 Å². The number of benzene rings is 1. The maximum atomic E-state index is 4.80. The van der Waals surface area contributed by atoms with Gasteiger partial charge in [0, 0.05) is 50.9 Å². The Bertz CT molecular complexity index is 921. The van der Waals surface area contributed by atoms with Gasteiger partial charge < -0.3 is 19.8 Å². The first kappa shape index (κ1) is 25.5. The topological polar surface area (TPSA) is 72.1 Å². The Morgan fingerprint density at radius 1 is 1.06 bits per heavy atom. The summed E-state index contributed by atoms with van der Waals surface area (Å²) < 4.78 is 4.40. The molecule has 0 aliphatic heterocycles. The van der Waals surface area contributed by atoms with Crippen molar-refractivity contribution in [3.63, 3.8) is 0 Å². The van der Waals surface area contributed by atoms with E-state index < -0.39 is 0 Å². The van der Waals surface area contributed by atoms with Crippen molar-refractivity contribution in [3.8, 4) is 0 Å². The molecule has 0 bridgehead atoms. The average Bonchev–Trinajstić information content (AvgIpc) is 3.40. The van der Waals surface area contributed by atoms with Crippen LogP contribution in [0.4, 0.5) is 0 Å². The molecule has 3 rings (SSSR count). The van der Waals surface area contributed by atoms with Gasteiger partial charge in [-0.25, -0.2) is 0 Å². The van der Waals surface area contributed by atoms with Gasteiger partial charge >= 0.3 is 0 Å². The molecule has 1 aromatic carbocycles. The molecule has 0 aliphatic carbocycles. The number of halogens is 1. The number of hydrogen-bond donors (Lipinski definition) is 2. The lowest BCUT2D eigenvalue weighted by molar-refractivity contribution is 0.627. The van der Waals surface area contributed by atoms with Crippen LogP contribution in [0.1, 0.15) is 25.6 Å². The molecule has 0 aliphatic rings. The lowest BCUT2D eigenvalue weighted by Crippen LogP contribution is -2.39. The van der Waals surface area contributed by atoms with Crippen LogP contribution in [0.3, 0.4) is 0 Å². The van der Waals surface area contributed by atoms with Crippen LogP contribution < -0.4 is 10.6 Å². The standard InChI is InChI=1S/C22H33N7S.HI/c1-3-21-27-26-18-29(21)16-13-25-22(24-12-7-17-30-2)23-11-6-14-28-15-10-19-8-4-5-9-20(19)28;/h4-5,8-10,15,18H,3,6-7,11-14,16-17H2,1-2H3,(H2,23,24,25);1H. The number of thioether (sulfide) groups is 1. The van der Waals surface area contributed by atoms with Crippen LogP contribution in [0.15, 0.2) is 47.8 Å². The van der Waals surface area contributed by atoms with Gasteiger partial charge in [0.15, 0.2) is 5.96 Å². The first-order chi connectivity index (χ1) is 14.8. The molecule has 0 spiro atoms. The number of nitrogens with zero attached hydrogens (tertiary/aromatic N) is 5. The first-order valence-electron chi connectivity index (χ1n) is 10.7. The number of hydrogen-bond acceptors (Lipinski definition) is 4. The van der Waals surface area contributed by atoms with Crippen LogP contribution in [-0.2, 0) is 19.5 Å². The molecule has 3 aromatic rings. The van der Waals surface area contributed by atoms with Crippen molar-refractivity contribution in [2.75, 3.05) is 31.6 Å². The van der Waals surface area contributed by atoms with E-state index in [-0.39, 0.29) is 24.0 Å². The van der Waals surface area contributed by atoms with E-state index in [2.05, 4.69) is 79.7 Å². The van der Waals surface area contributed by atoms with Crippen molar-refractivity contribution in [3.05, 3.63) is 48.7 Å². The van der Waals surface area contributed by atoms with E-state index in [4.69, 9.17) is 4.99 Å². The normalized spacial score (nSPS) is 11.5. The van der Waals surface area contributed by atoms with Crippen molar-refractivity contribution in [1.82, 2.24) is 30.0 Å². The highest BCUT2D eigenvalue weighted by Crippen LogP contribution is 2.15. The maximum absolute atomic E-state index is 4.80. The Labute approximate surface area is 206 Å². The fourth-order valence-electron chi connectivity index (χ4n) is 3.40. The zero-order valence-electron chi connectivity index (χ0n) is 18.5. The summed E-state index contributed by atoms with van der Waals surface area (Å²) in [5, 5.41) is 16.4. The summed E-state index contributed by atoms with van der Waals surface area (Å²) >= 11 is 1.87. The Balaban J connectivity index is 0.00000341. The molecule has 9 heteroatoms. The number of aliphatic imine (C=N–C) groups is 1. The molecular formula is C22H34IN7S. The Hall–Kier alpha value is -1.75. The van der Waals surface area contributed by atoms with Gasteiger partial charge in [0.2, 0.25) is 0 Å². The zero-order chi connectivity index (χ0) is 21.0. The van der Waals surface area contributed by atoms with Gasteiger partial charge in [-0.15, -0.1) is 34.2 Å². The van der Waals surface area contributed by atoms with Crippen molar-refractivity contribution in [2.45, 2.75) is 39.3 Å². The van der Waals surface area contributed by atoms with Crippen molar-refractivity contribution in [1.29, 1.82) is 0 Å². The summed E-state index contributed by atoms with van der Waals surface area (Å²) in [7, 11) is 0. The number of aryl methyl sites for hydroxylation is 2. The predicted octanol–water partition coefficient (Wildman–Crippen LogP) is 3.79. The van der Waals surface area contributed by atoms with E-state index in [0.29, 0.717) is 0 Å². The number of para-hydroxylation sites is 1. The molecule has 0 radical (unpaired) electrons. The van der Waals surface area contributed by atoms with Crippen molar-refractivity contribution in [2.24, 2.45) is 4.99 Å². The summed E-state index contributed by atoms with van der Waals surface area (Å²) in [5.41, 5.74) is 1.29. The molecular weight excluding hydrogens is 521 g/mol. The van der Waals surface area contributed by atoms with Gasteiger partial charge in [-0.3, -0.25) is 4.99 Å². The van der Waals surface area contributed by atoms with Crippen LogP contribution in [0.2, 0.25) is 0 Å². The number of aromatic nitrogens is 4. The van der Waals surface area contributed by atoms with E-state index in [9.17, 15) is 0 Å². The highest BCUT2D eigenvalue weighted by Gasteiger charge is 2.03. The first-order valence-corrected chi connectivity index (χ1v) is 12.1. The van der Waals surface area contributed by atoms with Crippen molar-refractivity contribution >= 4 is 52.6 Å². The van der Waals surface area contributed by atoms with E-state index in [1.54, 1.807) is 6.33 Å². The molecule has 0 amide bonds. The van der Waals surface area contributed by atoms with Gasteiger partial charge in [-0.05, 0) is 42.4 Å². The highest BCUT2D eigenvalue weighted by atomic mass is 127. The quantitative estimate of drug-likeness (QED) is 0.154. The van der Waals surface area contributed by atoms with E-state index in [1.807, 2.05) is 11.8 Å². The van der Waals surface area contributed by atoms with E-state index >= 15 is 0 Å². The summed E-state index contributed by atoms with van der Waals surface area (Å²) in [6.45, 7) is 6.41. The van der Waals surface area contributed by atoms with Crippen LogP contribution in [0, 0.1) is 0 Å². The van der Waals surface area contributed by atoms with Gasteiger partial charge in [0.1, 0.15) is 12.2 Å². The van der Waals surface area contributed by atoms with E-state index in [1.165, 1.54) is 10.9 Å². The summed E-state index contributed by atoms with van der Waals surface area (Å²) in [6.07, 6.45) is 9.12. The Morgan fingerprint density at radius 2 is 1.90 bits per heavy atom. The SMILES string of the molecule is CCc1nncn1CCNC(=NCCCn1ccc2ccccc21)NCCCSC.I. The highest BCUT2D eigenvalue weighted by molar-refractivity contribution is 14.0. The molecule has 2 heterocycles. The minimum Gasteiger partial charge on any atom is -0.356 e. The molecule has 0 fully saturated rings.